The summed E-state index contributed by atoms with van der Waals surface area (Å²) in [6.45, 7) is 9.41. The zero-order valence-corrected chi connectivity index (χ0v) is 28.7. The summed E-state index contributed by atoms with van der Waals surface area (Å²) in [5.74, 6) is -16.7. The van der Waals surface area contributed by atoms with Gasteiger partial charge in [-0.3, -0.25) is 19.3 Å². The van der Waals surface area contributed by atoms with Crippen molar-refractivity contribution in [2.24, 2.45) is 11.8 Å². The van der Waals surface area contributed by atoms with E-state index in [4.69, 9.17) is 4.74 Å². The number of halogens is 5. The number of piperidine rings is 1. The first-order chi connectivity index (χ1) is 22.5. The largest absolute Gasteiger partial charge is 0.455 e. The Morgan fingerprint density at radius 1 is 1.04 bits per heavy atom. The van der Waals surface area contributed by atoms with Crippen LogP contribution in [0, 0.1) is 40.9 Å². The lowest BCUT2D eigenvalue weighted by molar-refractivity contribution is -0.149. The normalized spacial score (nSPS) is 17.7. The van der Waals surface area contributed by atoms with Gasteiger partial charge in [0, 0.05) is 31.8 Å². The van der Waals surface area contributed by atoms with Gasteiger partial charge in [0.05, 0.1) is 6.04 Å². The molecule has 1 saturated heterocycles. The standard InChI is InChI=1S/C32H41F5N4O6S/c1-8-16(4)27(39-29(43)19-11-9-10-12-40(19)6)31(44)41(7)20(15(2)3)13-21(46-17(5)42)30-38-18(14-48-30)32(45)47-28-25(36)23(34)22(33)24(35)26(28)37/h14-16,19-21,27H,8-13H2,1-7H3,(H,39,43)/t16?,19-,20?,21?,27?/m1/s1. The van der Waals surface area contributed by atoms with Crippen LogP contribution in [0.25, 0.3) is 0 Å². The summed E-state index contributed by atoms with van der Waals surface area (Å²) in [6.07, 6.45) is 2.08. The molecule has 10 nitrogen and oxygen atoms in total. The third-order valence-corrected chi connectivity index (χ3v) is 9.54. The van der Waals surface area contributed by atoms with Gasteiger partial charge in [0.1, 0.15) is 11.0 Å². The van der Waals surface area contributed by atoms with Gasteiger partial charge in [0.15, 0.2) is 11.8 Å². The topological polar surface area (TPSA) is 118 Å². The lowest BCUT2D eigenvalue weighted by Crippen LogP contribution is -2.58. The number of nitrogens with one attached hydrogen (secondary N) is 1. The van der Waals surface area contributed by atoms with Crippen LogP contribution in [0.3, 0.4) is 0 Å². The molecular formula is C32H41F5N4O6S. The molecule has 1 aliphatic rings. The number of amides is 2. The zero-order valence-electron chi connectivity index (χ0n) is 27.9. The van der Waals surface area contributed by atoms with Gasteiger partial charge < -0.3 is 19.7 Å². The summed E-state index contributed by atoms with van der Waals surface area (Å²) in [7, 11) is 3.46. The van der Waals surface area contributed by atoms with Gasteiger partial charge in [-0.25, -0.2) is 22.9 Å². The Balaban J connectivity index is 1.85. The van der Waals surface area contributed by atoms with Crippen molar-refractivity contribution in [3.8, 4) is 5.75 Å². The zero-order chi connectivity index (χ0) is 36.0. The highest BCUT2D eigenvalue weighted by Gasteiger charge is 2.37. The molecule has 1 aromatic heterocycles. The van der Waals surface area contributed by atoms with Crippen molar-refractivity contribution in [1.82, 2.24) is 20.1 Å². The van der Waals surface area contributed by atoms with Crippen LogP contribution in [0.1, 0.15) is 88.3 Å². The summed E-state index contributed by atoms with van der Waals surface area (Å²) in [6, 6.07) is -1.76. The molecule has 4 unspecified atom stereocenters. The first kappa shape index (κ1) is 38.8. The number of ether oxygens (including phenoxy) is 2. The molecule has 1 aromatic carbocycles. The first-order valence-electron chi connectivity index (χ1n) is 15.6. The number of hydrogen-bond donors (Lipinski definition) is 1. The fraction of sp³-hybridized carbons (Fsp3) is 0.594. The van der Waals surface area contributed by atoms with Crippen LogP contribution in [0.15, 0.2) is 5.38 Å². The van der Waals surface area contributed by atoms with Crippen LogP contribution >= 0.6 is 11.3 Å². The number of carbonyl (C=O) groups excluding carboxylic acids is 4. The van der Waals surface area contributed by atoms with Gasteiger partial charge in [-0.2, -0.15) is 8.78 Å². The Morgan fingerprint density at radius 2 is 1.65 bits per heavy atom. The molecule has 0 aliphatic carbocycles. The molecule has 0 saturated carbocycles. The van der Waals surface area contributed by atoms with E-state index in [1.165, 1.54) is 4.90 Å². The summed E-state index contributed by atoms with van der Waals surface area (Å²) >= 11 is 0.819. The molecule has 16 heteroatoms. The van der Waals surface area contributed by atoms with Crippen LogP contribution < -0.4 is 10.1 Å². The molecule has 0 radical (unpaired) electrons. The lowest BCUT2D eigenvalue weighted by atomic mass is 9.92. The molecule has 3 rings (SSSR count). The van der Waals surface area contributed by atoms with E-state index < -0.39 is 70.7 Å². The SMILES string of the molecule is CCC(C)C(NC(=O)[C@H]1CCCCN1C)C(=O)N(C)C(CC(OC(C)=O)c1nc(C(=O)Oc2c(F)c(F)c(F)c(F)c2F)cs1)C(C)C. The second-order valence-electron chi connectivity index (χ2n) is 12.3. The van der Waals surface area contributed by atoms with Gasteiger partial charge in [-0.05, 0) is 38.3 Å². The summed E-state index contributed by atoms with van der Waals surface area (Å²) in [5.41, 5.74) is -0.547. The average Bonchev–Trinajstić information content (AvgIpc) is 3.55. The van der Waals surface area contributed by atoms with Crippen LogP contribution in [-0.4, -0.2) is 77.3 Å². The Bertz CT molecular complexity index is 1480. The molecule has 1 N–H and O–H groups in total. The Morgan fingerprint density at radius 3 is 2.19 bits per heavy atom. The predicted octanol–water partition coefficient (Wildman–Crippen LogP) is 5.55. The number of likely N-dealkylation sites (tertiary alicyclic amines) is 1. The molecule has 48 heavy (non-hydrogen) atoms. The number of thiazole rings is 1. The fourth-order valence-electron chi connectivity index (χ4n) is 5.57. The van der Waals surface area contributed by atoms with E-state index in [0.29, 0.717) is 12.8 Å². The number of aromatic nitrogens is 1. The molecule has 1 fully saturated rings. The number of esters is 2. The number of nitrogens with zero attached hydrogens (tertiary/aromatic N) is 3. The smallest absolute Gasteiger partial charge is 0.363 e. The number of rotatable bonds is 13. The van der Waals surface area contributed by atoms with Gasteiger partial charge >= 0.3 is 11.9 Å². The Hall–Kier alpha value is -3.66. The molecule has 5 atom stereocenters. The van der Waals surface area contributed by atoms with Gasteiger partial charge in [-0.15, -0.1) is 11.3 Å². The van der Waals surface area contributed by atoms with Crippen molar-refractivity contribution in [2.45, 2.75) is 91.0 Å². The van der Waals surface area contributed by atoms with Crippen molar-refractivity contribution >= 4 is 35.1 Å². The van der Waals surface area contributed by atoms with Gasteiger partial charge in [0.25, 0.3) is 0 Å². The molecule has 1 aliphatic heterocycles. The minimum atomic E-state index is -2.41. The maximum Gasteiger partial charge on any atom is 0.363 e. The molecule has 0 spiro atoms. The number of benzene rings is 1. The van der Waals surface area contributed by atoms with E-state index in [9.17, 15) is 41.1 Å². The van der Waals surface area contributed by atoms with E-state index in [2.05, 4.69) is 15.0 Å². The van der Waals surface area contributed by atoms with Crippen molar-refractivity contribution in [3.63, 3.8) is 0 Å². The Labute approximate surface area is 280 Å². The van der Waals surface area contributed by atoms with E-state index in [1.54, 1.807) is 7.05 Å². The second kappa shape index (κ2) is 16.6. The summed E-state index contributed by atoms with van der Waals surface area (Å²) < 4.78 is 78.8. The van der Waals surface area contributed by atoms with E-state index >= 15 is 0 Å². The van der Waals surface area contributed by atoms with E-state index in [0.717, 1.165) is 43.0 Å². The molecular weight excluding hydrogens is 663 g/mol. The maximum absolute atomic E-state index is 14.1. The Kier molecular flexibility index (Phi) is 13.4. The van der Waals surface area contributed by atoms with Crippen molar-refractivity contribution in [3.05, 3.63) is 45.2 Å². The molecule has 2 amide bonds. The highest BCUT2D eigenvalue weighted by Crippen LogP contribution is 2.33. The van der Waals surface area contributed by atoms with Gasteiger partial charge in [-0.1, -0.05) is 40.5 Å². The molecule has 2 aromatic rings. The molecule has 2 heterocycles. The quantitative estimate of drug-likeness (QED) is 0.0949. The molecule has 266 valence electrons. The third-order valence-electron chi connectivity index (χ3n) is 8.60. The van der Waals surface area contributed by atoms with Crippen molar-refractivity contribution < 1.29 is 50.6 Å². The predicted molar refractivity (Wildman–Crippen MR) is 165 cm³/mol. The second-order valence-corrected chi connectivity index (χ2v) is 13.2. The maximum atomic E-state index is 14.1. The van der Waals surface area contributed by atoms with Crippen LogP contribution in [0.2, 0.25) is 0 Å². The average molecular weight is 705 g/mol. The summed E-state index contributed by atoms with van der Waals surface area (Å²) in [5, 5.41) is 4.13. The summed E-state index contributed by atoms with van der Waals surface area (Å²) in [4.78, 5) is 59.6. The minimum absolute atomic E-state index is 0.00562. The van der Waals surface area contributed by atoms with Crippen LogP contribution in [0.5, 0.6) is 5.75 Å². The highest BCUT2D eigenvalue weighted by molar-refractivity contribution is 7.09. The van der Waals surface area contributed by atoms with Crippen molar-refractivity contribution in [1.29, 1.82) is 0 Å². The lowest BCUT2D eigenvalue weighted by Gasteiger charge is -2.38. The van der Waals surface area contributed by atoms with Crippen LogP contribution in [0.4, 0.5) is 22.0 Å². The number of hydrogen-bond acceptors (Lipinski definition) is 9. The van der Waals surface area contributed by atoms with Crippen LogP contribution in [-0.2, 0) is 19.1 Å². The highest BCUT2D eigenvalue weighted by atomic mass is 32.1. The number of carbonyl (C=O) groups is 4. The number of likely N-dealkylation sites (N-methyl/N-ethyl adjacent to an activating group) is 2. The third kappa shape index (κ3) is 8.87. The van der Waals surface area contributed by atoms with E-state index in [-0.39, 0.29) is 41.1 Å². The van der Waals surface area contributed by atoms with Crippen molar-refractivity contribution in [2.75, 3.05) is 20.6 Å². The molecule has 0 bridgehead atoms. The minimum Gasteiger partial charge on any atom is -0.455 e. The van der Waals surface area contributed by atoms with E-state index in [1.807, 2.05) is 39.6 Å². The first-order valence-corrected chi connectivity index (χ1v) is 16.5. The monoisotopic (exact) mass is 704 g/mol. The fourth-order valence-corrected chi connectivity index (χ4v) is 6.40. The van der Waals surface area contributed by atoms with Gasteiger partial charge in [0.2, 0.25) is 46.6 Å².